The van der Waals surface area contributed by atoms with Crippen LogP contribution < -0.4 is 15.8 Å². The number of nitrogens with zero attached hydrogens (tertiary/aromatic N) is 1. The van der Waals surface area contributed by atoms with Crippen molar-refractivity contribution in [2.75, 3.05) is 5.32 Å². The molecule has 27 heavy (non-hydrogen) atoms. The molecule has 0 saturated heterocycles. The lowest BCUT2D eigenvalue weighted by Crippen LogP contribution is -2.12. The zero-order valence-corrected chi connectivity index (χ0v) is 14.4. The first-order chi connectivity index (χ1) is 13.1. The van der Waals surface area contributed by atoms with Crippen LogP contribution >= 0.6 is 0 Å². The second-order valence-electron chi connectivity index (χ2n) is 6.24. The van der Waals surface area contributed by atoms with Crippen LogP contribution in [0.5, 0.6) is 5.75 Å². The SMILES string of the molecule is NCc1ccc(C(=O)Nc2ccncc2)cc1-c1ccc2c(c1)OC(=O)C2. The average Bonchev–Trinajstić information content (AvgIpc) is 3.07. The quantitative estimate of drug-likeness (QED) is 0.552. The van der Waals surface area contributed by atoms with Gasteiger partial charge in [-0.1, -0.05) is 18.2 Å². The topological polar surface area (TPSA) is 94.3 Å². The summed E-state index contributed by atoms with van der Waals surface area (Å²) in [4.78, 5) is 28.0. The van der Waals surface area contributed by atoms with Crippen LogP contribution in [0.1, 0.15) is 21.5 Å². The molecule has 0 fully saturated rings. The summed E-state index contributed by atoms with van der Waals surface area (Å²) in [5, 5.41) is 2.84. The summed E-state index contributed by atoms with van der Waals surface area (Å²) < 4.78 is 5.24. The van der Waals surface area contributed by atoms with Crippen molar-refractivity contribution in [1.82, 2.24) is 4.98 Å². The number of hydrogen-bond acceptors (Lipinski definition) is 5. The van der Waals surface area contributed by atoms with Crippen LogP contribution in [0.3, 0.4) is 0 Å². The van der Waals surface area contributed by atoms with E-state index in [2.05, 4.69) is 10.3 Å². The van der Waals surface area contributed by atoms with Gasteiger partial charge in [-0.3, -0.25) is 14.6 Å². The second-order valence-corrected chi connectivity index (χ2v) is 6.24. The van der Waals surface area contributed by atoms with Crippen molar-refractivity contribution in [3.05, 3.63) is 77.6 Å². The lowest BCUT2D eigenvalue weighted by molar-refractivity contribution is -0.131. The number of esters is 1. The van der Waals surface area contributed by atoms with Crippen LogP contribution in [0.2, 0.25) is 0 Å². The first-order valence-corrected chi connectivity index (χ1v) is 8.52. The summed E-state index contributed by atoms with van der Waals surface area (Å²) in [7, 11) is 0. The van der Waals surface area contributed by atoms with Gasteiger partial charge in [0.15, 0.2) is 0 Å². The van der Waals surface area contributed by atoms with E-state index in [1.807, 2.05) is 24.3 Å². The Labute approximate surface area is 156 Å². The molecule has 134 valence electrons. The third kappa shape index (κ3) is 3.43. The fraction of sp³-hybridized carbons (Fsp3) is 0.0952. The molecule has 4 rings (SSSR count). The molecule has 0 radical (unpaired) electrons. The van der Waals surface area contributed by atoms with E-state index in [1.165, 1.54) is 0 Å². The summed E-state index contributed by atoms with van der Waals surface area (Å²) >= 11 is 0. The van der Waals surface area contributed by atoms with Crippen molar-refractivity contribution >= 4 is 17.6 Å². The number of aromatic nitrogens is 1. The number of nitrogens with one attached hydrogen (secondary N) is 1. The highest BCUT2D eigenvalue weighted by Crippen LogP contribution is 2.33. The molecule has 3 N–H and O–H groups in total. The Morgan fingerprint density at radius 3 is 2.70 bits per heavy atom. The first-order valence-electron chi connectivity index (χ1n) is 8.52. The summed E-state index contributed by atoms with van der Waals surface area (Å²) in [5.41, 5.74) is 10.5. The van der Waals surface area contributed by atoms with Crippen LogP contribution in [-0.4, -0.2) is 16.9 Å². The van der Waals surface area contributed by atoms with Crippen LogP contribution in [0.4, 0.5) is 5.69 Å². The standard InChI is InChI=1S/C21H17N3O3/c22-12-16-4-3-15(21(26)24-17-5-7-23-8-6-17)9-18(16)13-1-2-14-11-20(25)27-19(14)10-13/h1-10H,11-12,22H2,(H,23,24,26). The highest BCUT2D eigenvalue weighted by Gasteiger charge is 2.21. The molecule has 0 saturated carbocycles. The number of ether oxygens (including phenoxy) is 1. The number of carbonyl (C=O) groups excluding carboxylic acids is 2. The Balaban J connectivity index is 1.68. The fourth-order valence-electron chi connectivity index (χ4n) is 3.08. The number of amides is 1. The summed E-state index contributed by atoms with van der Waals surface area (Å²) in [6.07, 6.45) is 3.52. The van der Waals surface area contributed by atoms with E-state index >= 15 is 0 Å². The number of fused-ring (bicyclic) bond motifs is 1. The maximum atomic E-state index is 12.6. The van der Waals surface area contributed by atoms with E-state index in [4.69, 9.17) is 10.5 Å². The average molecular weight is 359 g/mol. The van der Waals surface area contributed by atoms with Crippen LogP contribution in [0.25, 0.3) is 11.1 Å². The van der Waals surface area contributed by atoms with Crippen LogP contribution in [0.15, 0.2) is 60.9 Å². The highest BCUT2D eigenvalue weighted by atomic mass is 16.5. The molecule has 3 aromatic rings. The molecule has 1 amide bonds. The Hall–Kier alpha value is -3.51. The Morgan fingerprint density at radius 2 is 1.93 bits per heavy atom. The van der Waals surface area contributed by atoms with E-state index in [-0.39, 0.29) is 18.3 Å². The van der Waals surface area contributed by atoms with Gasteiger partial charge in [0.2, 0.25) is 0 Å². The zero-order chi connectivity index (χ0) is 18.8. The molecular formula is C21H17N3O3. The number of carbonyl (C=O) groups is 2. The number of rotatable bonds is 4. The molecule has 1 aliphatic heterocycles. The third-order valence-electron chi connectivity index (χ3n) is 4.47. The Kier molecular flexibility index (Phi) is 4.40. The van der Waals surface area contributed by atoms with E-state index < -0.39 is 0 Å². The smallest absolute Gasteiger partial charge is 0.315 e. The van der Waals surface area contributed by atoms with Crippen molar-refractivity contribution < 1.29 is 14.3 Å². The molecule has 2 aromatic carbocycles. The van der Waals surface area contributed by atoms with Gasteiger partial charge in [0.05, 0.1) is 6.42 Å². The van der Waals surface area contributed by atoms with Gasteiger partial charge in [-0.25, -0.2) is 0 Å². The van der Waals surface area contributed by atoms with Crippen LogP contribution in [-0.2, 0) is 17.8 Å². The van der Waals surface area contributed by atoms with E-state index in [1.54, 1.807) is 36.7 Å². The number of pyridine rings is 1. The van der Waals surface area contributed by atoms with Gasteiger partial charge >= 0.3 is 5.97 Å². The summed E-state index contributed by atoms with van der Waals surface area (Å²) in [6.45, 7) is 0.332. The van der Waals surface area contributed by atoms with Crippen molar-refractivity contribution in [1.29, 1.82) is 0 Å². The molecular weight excluding hydrogens is 342 g/mol. The third-order valence-corrected chi connectivity index (χ3v) is 4.47. The van der Waals surface area contributed by atoms with Crippen molar-refractivity contribution in [2.24, 2.45) is 5.73 Å². The summed E-state index contributed by atoms with van der Waals surface area (Å²) in [6, 6.07) is 14.4. The lowest BCUT2D eigenvalue weighted by atomic mass is 9.95. The van der Waals surface area contributed by atoms with Crippen molar-refractivity contribution in [3.63, 3.8) is 0 Å². The molecule has 6 heteroatoms. The number of hydrogen-bond donors (Lipinski definition) is 2. The van der Waals surface area contributed by atoms with Gasteiger partial charge in [-0.2, -0.15) is 0 Å². The molecule has 1 aromatic heterocycles. The van der Waals surface area contributed by atoms with Gasteiger partial charge in [0.1, 0.15) is 5.75 Å². The molecule has 0 unspecified atom stereocenters. The fourth-order valence-corrected chi connectivity index (χ4v) is 3.08. The highest BCUT2D eigenvalue weighted by molar-refractivity contribution is 6.05. The number of benzene rings is 2. The molecule has 2 heterocycles. The number of anilines is 1. The molecule has 0 aliphatic carbocycles. The largest absolute Gasteiger partial charge is 0.426 e. The van der Waals surface area contributed by atoms with Gasteiger partial charge in [-0.05, 0) is 47.0 Å². The molecule has 0 bridgehead atoms. The minimum absolute atomic E-state index is 0.224. The van der Waals surface area contributed by atoms with Gasteiger partial charge in [0, 0.05) is 35.8 Å². The summed E-state index contributed by atoms with van der Waals surface area (Å²) in [5.74, 6) is 0.0809. The predicted molar refractivity (Wildman–Crippen MR) is 101 cm³/mol. The minimum Gasteiger partial charge on any atom is -0.426 e. The molecule has 1 aliphatic rings. The monoisotopic (exact) mass is 359 g/mol. The van der Waals surface area contributed by atoms with Gasteiger partial charge < -0.3 is 15.8 Å². The Bertz CT molecular complexity index is 1030. The normalized spacial score (nSPS) is 12.4. The second kappa shape index (κ2) is 7.01. The first kappa shape index (κ1) is 16.9. The molecule has 6 nitrogen and oxygen atoms in total. The lowest BCUT2D eigenvalue weighted by Gasteiger charge is -2.12. The Morgan fingerprint density at radius 1 is 1.11 bits per heavy atom. The van der Waals surface area contributed by atoms with Gasteiger partial charge in [0.25, 0.3) is 5.91 Å². The van der Waals surface area contributed by atoms with Crippen LogP contribution in [0, 0.1) is 0 Å². The van der Waals surface area contributed by atoms with Gasteiger partial charge in [-0.15, -0.1) is 0 Å². The predicted octanol–water partition coefficient (Wildman–Crippen LogP) is 2.92. The van der Waals surface area contributed by atoms with Crippen molar-refractivity contribution in [2.45, 2.75) is 13.0 Å². The molecule has 0 atom stereocenters. The zero-order valence-electron chi connectivity index (χ0n) is 14.4. The minimum atomic E-state index is -0.258. The van der Waals surface area contributed by atoms with E-state index in [9.17, 15) is 9.59 Å². The maximum absolute atomic E-state index is 12.6. The maximum Gasteiger partial charge on any atom is 0.315 e. The number of nitrogens with two attached hydrogens (primary N) is 1. The molecule has 0 spiro atoms. The van der Waals surface area contributed by atoms with Crippen molar-refractivity contribution in [3.8, 4) is 16.9 Å². The van der Waals surface area contributed by atoms with E-state index in [0.29, 0.717) is 23.5 Å². The van der Waals surface area contributed by atoms with E-state index in [0.717, 1.165) is 22.3 Å².